The van der Waals surface area contributed by atoms with Gasteiger partial charge in [0.2, 0.25) is 5.91 Å². The van der Waals surface area contributed by atoms with Crippen LogP contribution in [0.25, 0.3) is 0 Å². The number of carboxylic acids is 1. The van der Waals surface area contributed by atoms with Crippen molar-refractivity contribution in [2.75, 3.05) is 19.7 Å². The van der Waals surface area contributed by atoms with E-state index in [9.17, 15) is 14.7 Å². The molecule has 122 valence electrons. The van der Waals surface area contributed by atoms with E-state index in [1.807, 2.05) is 18.2 Å². The number of fused-ring (bicyclic) bond motifs is 2. The number of amides is 1. The first-order valence-corrected chi connectivity index (χ1v) is 8.21. The van der Waals surface area contributed by atoms with Crippen LogP contribution in [0.5, 0.6) is 5.75 Å². The lowest BCUT2D eigenvalue weighted by molar-refractivity contribution is -0.147. The number of likely N-dealkylation sites (tertiary alicyclic amines) is 1. The Kier molecular flexibility index (Phi) is 2.99. The Morgan fingerprint density at radius 3 is 2.83 bits per heavy atom. The first kappa shape index (κ1) is 14.5. The largest absolute Gasteiger partial charge is 0.493 e. The quantitative estimate of drug-likeness (QED) is 0.907. The molecule has 1 aliphatic carbocycles. The van der Waals surface area contributed by atoms with E-state index in [0.29, 0.717) is 26.1 Å². The predicted octanol–water partition coefficient (Wildman–Crippen LogP) is 2.05. The fraction of sp³-hybridized carbons (Fsp3) is 0.556. The maximum absolute atomic E-state index is 12.9. The van der Waals surface area contributed by atoms with Crippen LogP contribution in [0.4, 0.5) is 0 Å². The number of hydrogen-bond acceptors (Lipinski definition) is 3. The van der Waals surface area contributed by atoms with Crippen LogP contribution in [-0.2, 0) is 15.0 Å². The molecular formula is C18H21NO4. The molecule has 0 radical (unpaired) electrons. The highest BCUT2D eigenvalue weighted by atomic mass is 16.5. The number of carbonyl (C=O) groups is 2. The Morgan fingerprint density at radius 2 is 2.09 bits per heavy atom. The lowest BCUT2D eigenvalue weighted by Crippen LogP contribution is -2.37. The summed E-state index contributed by atoms with van der Waals surface area (Å²) in [4.78, 5) is 26.0. The lowest BCUT2D eigenvalue weighted by Gasteiger charge is -2.28. The molecule has 1 spiro atoms. The van der Waals surface area contributed by atoms with E-state index in [1.54, 1.807) is 11.8 Å². The molecule has 3 atom stereocenters. The van der Waals surface area contributed by atoms with Crippen molar-refractivity contribution in [3.63, 3.8) is 0 Å². The SMILES string of the molecule is CC1(C(=O)O)CCN(C(=O)C2CC23CCOc2ccccc23)C1. The molecule has 1 aromatic carbocycles. The third-order valence-corrected chi connectivity index (χ3v) is 5.90. The zero-order valence-electron chi connectivity index (χ0n) is 13.2. The fourth-order valence-electron chi connectivity index (χ4n) is 4.23. The topological polar surface area (TPSA) is 66.8 Å². The number of nitrogens with zero attached hydrogens (tertiary/aromatic N) is 1. The molecule has 1 aromatic rings. The van der Waals surface area contributed by atoms with Crippen molar-refractivity contribution in [1.82, 2.24) is 4.90 Å². The van der Waals surface area contributed by atoms with Gasteiger partial charge in [0.1, 0.15) is 5.75 Å². The first-order chi connectivity index (χ1) is 11.0. The van der Waals surface area contributed by atoms with E-state index < -0.39 is 11.4 Å². The van der Waals surface area contributed by atoms with Crippen molar-refractivity contribution < 1.29 is 19.4 Å². The average molecular weight is 315 g/mol. The highest BCUT2D eigenvalue weighted by Gasteiger charge is 2.62. The minimum Gasteiger partial charge on any atom is -0.493 e. The minimum atomic E-state index is -0.810. The van der Waals surface area contributed by atoms with Gasteiger partial charge in [-0.25, -0.2) is 0 Å². The maximum atomic E-state index is 12.9. The summed E-state index contributed by atoms with van der Waals surface area (Å²) in [5.41, 5.74) is 0.254. The Morgan fingerprint density at radius 1 is 1.30 bits per heavy atom. The van der Waals surface area contributed by atoms with E-state index in [-0.39, 0.29) is 17.2 Å². The van der Waals surface area contributed by atoms with Crippen molar-refractivity contribution in [2.45, 2.75) is 31.6 Å². The Balaban J connectivity index is 1.54. The van der Waals surface area contributed by atoms with Crippen molar-refractivity contribution in [3.05, 3.63) is 29.8 Å². The molecule has 1 saturated carbocycles. The summed E-state index contributed by atoms with van der Waals surface area (Å²) in [6, 6.07) is 7.98. The summed E-state index contributed by atoms with van der Waals surface area (Å²) in [5.74, 6) is 0.177. The molecular weight excluding hydrogens is 294 g/mol. The maximum Gasteiger partial charge on any atom is 0.311 e. The number of benzene rings is 1. The van der Waals surface area contributed by atoms with Gasteiger partial charge in [-0.1, -0.05) is 18.2 Å². The molecule has 1 N–H and O–H groups in total. The first-order valence-electron chi connectivity index (χ1n) is 8.21. The van der Waals surface area contributed by atoms with Crippen LogP contribution in [0.1, 0.15) is 31.7 Å². The van der Waals surface area contributed by atoms with E-state index in [4.69, 9.17) is 4.74 Å². The van der Waals surface area contributed by atoms with E-state index in [0.717, 1.165) is 24.2 Å². The van der Waals surface area contributed by atoms with Gasteiger partial charge in [-0.2, -0.15) is 0 Å². The van der Waals surface area contributed by atoms with Gasteiger partial charge in [-0.15, -0.1) is 0 Å². The van der Waals surface area contributed by atoms with Crippen LogP contribution in [0.15, 0.2) is 24.3 Å². The van der Waals surface area contributed by atoms with Crippen molar-refractivity contribution >= 4 is 11.9 Å². The molecule has 4 rings (SSSR count). The van der Waals surface area contributed by atoms with Crippen LogP contribution in [0.3, 0.4) is 0 Å². The third kappa shape index (κ3) is 2.06. The summed E-state index contributed by atoms with van der Waals surface area (Å²) < 4.78 is 5.71. The number of rotatable bonds is 2. The van der Waals surface area contributed by atoms with Gasteiger partial charge in [0.05, 0.1) is 12.0 Å². The van der Waals surface area contributed by atoms with E-state index in [1.165, 1.54) is 0 Å². The molecule has 3 unspecified atom stereocenters. The van der Waals surface area contributed by atoms with Crippen molar-refractivity contribution in [1.29, 1.82) is 0 Å². The highest BCUT2D eigenvalue weighted by Crippen LogP contribution is 2.61. The number of carbonyl (C=O) groups excluding carboxylic acids is 1. The molecule has 3 aliphatic rings. The molecule has 2 heterocycles. The van der Waals surface area contributed by atoms with Crippen LogP contribution in [-0.4, -0.2) is 41.6 Å². The second-order valence-corrected chi connectivity index (χ2v) is 7.38. The minimum absolute atomic E-state index is 0.0244. The molecule has 5 heteroatoms. The number of para-hydroxylation sites is 1. The number of carboxylic acid groups (broad SMARTS) is 1. The highest BCUT2D eigenvalue weighted by molar-refractivity contribution is 5.86. The summed E-state index contributed by atoms with van der Waals surface area (Å²) in [6.07, 6.45) is 2.25. The summed E-state index contributed by atoms with van der Waals surface area (Å²) in [6.45, 7) is 3.25. The van der Waals surface area contributed by atoms with Crippen molar-refractivity contribution in [3.8, 4) is 5.75 Å². The van der Waals surface area contributed by atoms with Gasteiger partial charge in [-0.05, 0) is 32.3 Å². The number of ether oxygens (including phenoxy) is 1. The number of aliphatic carboxylic acids is 1. The van der Waals surface area contributed by atoms with Crippen LogP contribution >= 0.6 is 0 Å². The normalized spacial score (nSPS) is 34.8. The van der Waals surface area contributed by atoms with Gasteiger partial charge in [0.15, 0.2) is 0 Å². The molecule has 2 aliphatic heterocycles. The molecule has 1 amide bonds. The lowest BCUT2D eigenvalue weighted by atomic mass is 9.87. The third-order valence-electron chi connectivity index (χ3n) is 5.90. The molecule has 0 aromatic heterocycles. The fourth-order valence-corrected chi connectivity index (χ4v) is 4.23. The Hall–Kier alpha value is -2.04. The zero-order chi connectivity index (χ0) is 16.2. The summed E-state index contributed by atoms with van der Waals surface area (Å²) >= 11 is 0. The van der Waals surface area contributed by atoms with Crippen LogP contribution in [0, 0.1) is 11.3 Å². The Labute approximate surface area is 135 Å². The average Bonchev–Trinajstić information content (AvgIpc) is 3.10. The smallest absolute Gasteiger partial charge is 0.311 e. The zero-order valence-corrected chi connectivity index (χ0v) is 13.2. The van der Waals surface area contributed by atoms with Crippen LogP contribution in [0.2, 0.25) is 0 Å². The van der Waals surface area contributed by atoms with Gasteiger partial charge in [-0.3, -0.25) is 9.59 Å². The van der Waals surface area contributed by atoms with Gasteiger partial charge in [0.25, 0.3) is 0 Å². The second-order valence-electron chi connectivity index (χ2n) is 7.38. The van der Waals surface area contributed by atoms with Crippen LogP contribution < -0.4 is 4.74 Å². The molecule has 23 heavy (non-hydrogen) atoms. The Bertz CT molecular complexity index is 687. The summed E-state index contributed by atoms with van der Waals surface area (Å²) in [7, 11) is 0. The van der Waals surface area contributed by atoms with Gasteiger partial charge >= 0.3 is 5.97 Å². The standard InChI is InChI=1S/C18H21NO4/c1-17(16(21)22)6-8-19(11-17)15(20)13-10-18(13)7-9-23-14-5-3-2-4-12(14)18/h2-5,13H,6-11H2,1H3,(H,21,22). The number of hydrogen-bond donors (Lipinski definition) is 1. The van der Waals surface area contributed by atoms with E-state index >= 15 is 0 Å². The second kappa shape index (κ2) is 4.73. The van der Waals surface area contributed by atoms with E-state index in [2.05, 4.69) is 6.07 Å². The van der Waals surface area contributed by atoms with Crippen molar-refractivity contribution in [2.24, 2.45) is 11.3 Å². The molecule has 1 saturated heterocycles. The molecule has 0 bridgehead atoms. The molecule has 5 nitrogen and oxygen atoms in total. The summed E-state index contributed by atoms with van der Waals surface area (Å²) in [5, 5.41) is 9.34. The monoisotopic (exact) mass is 315 g/mol. The molecule has 2 fully saturated rings. The van der Waals surface area contributed by atoms with Gasteiger partial charge < -0.3 is 14.7 Å². The predicted molar refractivity (Wildman–Crippen MR) is 83.3 cm³/mol. The van der Waals surface area contributed by atoms with Gasteiger partial charge in [0, 0.05) is 30.0 Å².